The Bertz CT molecular complexity index is 618. The van der Waals surface area contributed by atoms with E-state index in [1.165, 1.54) is 24.1 Å². The second kappa shape index (κ2) is 7.87. The van der Waals surface area contributed by atoms with Gasteiger partial charge in [-0.3, -0.25) is 0 Å². The van der Waals surface area contributed by atoms with Crippen LogP contribution in [0.25, 0.3) is 6.08 Å². The first-order chi connectivity index (χ1) is 11.4. The monoisotopic (exact) mass is 307 g/mol. The minimum Gasteiger partial charge on any atom is -0.494 e. The van der Waals surface area contributed by atoms with Gasteiger partial charge in [0.25, 0.3) is 0 Å². The first-order valence-electron chi connectivity index (χ1n) is 8.58. The van der Waals surface area contributed by atoms with Crippen LogP contribution >= 0.6 is 0 Å². The summed E-state index contributed by atoms with van der Waals surface area (Å²) >= 11 is 0. The quantitative estimate of drug-likeness (QED) is 0.731. The maximum Gasteiger partial charge on any atom is 0.119 e. The Hall–Kier alpha value is -2.22. The van der Waals surface area contributed by atoms with Crippen LogP contribution in [-0.2, 0) is 0 Å². The number of nitrogens with zero attached hydrogens (tertiary/aromatic N) is 1. The summed E-state index contributed by atoms with van der Waals surface area (Å²) < 4.78 is 5.53. The summed E-state index contributed by atoms with van der Waals surface area (Å²) in [6.07, 6.45) is 8.19. The van der Waals surface area contributed by atoms with Gasteiger partial charge in [0.2, 0.25) is 0 Å². The number of benzene rings is 2. The van der Waals surface area contributed by atoms with Gasteiger partial charge >= 0.3 is 0 Å². The van der Waals surface area contributed by atoms with Gasteiger partial charge < -0.3 is 9.64 Å². The van der Waals surface area contributed by atoms with Gasteiger partial charge in [0.15, 0.2) is 0 Å². The van der Waals surface area contributed by atoms with Crippen molar-refractivity contribution in [1.82, 2.24) is 0 Å². The fourth-order valence-electron chi connectivity index (χ4n) is 3.25. The zero-order chi connectivity index (χ0) is 15.9. The predicted molar refractivity (Wildman–Crippen MR) is 98.1 cm³/mol. The number of rotatable bonds is 6. The first-order valence-corrected chi connectivity index (χ1v) is 8.58. The summed E-state index contributed by atoms with van der Waals surface area (Å²) in [5, 5.41) is 0. The standard InChI is InChI=1S/C21H25NO/c1-2-23-21-15-13-20(14-16-21)22-17-7-12-19(22)11-6-10-18-8-4-3-5-9-18/h3-6,8-10,13-16,19H,2,7,11-12,17H2,1H3/b10-6+. The Morgan fingerprint density at radius 1 is 1.09 bits per heavy atom. The molecule has 0 N–H and O–H groups in total. The second-order valence-corrected chi connectivity index (χ2v) is 5.97. The molecule has 0 aliphatic carbocycles. The highest BCUT2D eigenvalue weighted by Gasteiger charge is 2.23. The van der Waals surface area contributed by atoms with Crippen molar-refractivity contribution in [2.75, 3.05) is 18.1 Å². The van der Waals surface area contributed by atoms with E-state index in [0.29, 0.717) is 6.04 Å². The van der Waals surface area contributed by atoms with Gasteiger partial charge in [-0.1, -0.05) is 42.5 Å². The minimum atomic E-state index is 0.605. The van der Waals surface area contributed by atoms with Crippen LogP contribution < -0.4 is 9.64 Å². The van der Waals surface area contributed by atoms with Crippen LogP contribution in [-0.4, -0.2) is 19.2 Å². The molecule has 1 aliphatic heterocycles. The van der Waals surface area contributed by atoms with Gasteiger partial charge in [-0.15, -0.1) is 0 Å². The van der Waals surface area contributed by atoms with Crippen LogP contribution in [0.2, 0.25) is 0 Å². The molecule has 1 heterocycles. The Morgan fingerprint density at radius 2 is 1.87 bits per heavy atom. The molecule has 1 fully saturated rings. The average Bonchev–Trinajstić information content (AvgIpc) is 3.05. The van der Waals surface area contributed by atoms with E-state index >= 15 is 0 Å². The minimum absolute atomic E-state index is 0.605. The molecule has 1 saturated heterocycles. The number of hydrogen-bond acceptors (Lipinski definition) is 2. The highest BCUT2D eigenvalue weighted by molar-refractivity contribution is 5.52. The molecule has 0 amide bonds. The molecular weight excluding hydrogens is 282 g/mol. The number of hydrogen-bond donors (Lipinski definition) is 0. The van der Waals surface area contributed by atoms with Crippen molar-refractivity contribution in [2.24, 2.45) is 0 Å². The third kappa shape index (κ3) is 4.16. The van der Waals surface area contributed by atoms with Crippen molar-refractivity contribution in [3.8, 4) is 5.75 Å². The van der Waals surface area contributed by atoms with Gasteiger partial charge in [-0.2, -0.15) is 0 Å². The van der Waals surface area contributed by atoms with E-state index in [2.05, 4.69) is 71.6 Å². The molecule has 0 radical (unpaired) electrons. The normalized spacial score (nSPS) is 17.8. The van der Waals surface area contributed by atoms with E-state index in [-0.39, 0.29) is 0 Å². The van der Waals surface area contributed by atoms with Crippen LogP contribution in [0.15, 0.2) is 60.7 Å². The largest absolute Gasteiger partial charge is 0.494 e. The van der Waals surface area contributed by atoms with E-state index in [4.69, 9.17) is 4.74 Å². The van der Waals surface area contributed by atoms with Crippen LogP contribution in [0.3, 0.4) is 0 Å². The maximum absolute atomic E-state index is 5.53. The Labute approximate surface area is 139 Å². The zero-order valence-corrected chi connectivity index (χ0v) is 13.8. The Balaban J connectivity index is 1.62. The molecule has 120 valence electrons. The molecule has 2 aromatic carbocycles. The summed E-state index contributed by atoms with van der Waals surface area (Å²) in [6.45, 7) is 3.89. The molecule has 0 aromatic heterocycles. The van der Waals surface area contributed by atoms with Crippen molar-refractivity contribution in [1.29, 1.82) is 0 Å². The molecular formula is C21H25NO. The lowest BCUT2D eigenvalue weighted by molar-refractivity contribution is 0.340. The second-order valence-electron chi connectivity index (χ2n) is 5.97. The fraction of sp³-hybridized carbons (Fsp3) is 0.333. The lowest BCUT2D eigenvalue weighted by Gasteiger charge is -2.26. The smallest absolute Gasteiger partial charge is 0.119 e. The van der Waals surface area contributed by atoms with Gasteiger partial charge in [-0.25, -0.2) is 0 Å². The van der Waals surface area contributed by atoms with Crippen molar-refractivity contribution in [2.45, 2.75) is 32.2 Å². The molecule has 3 rings (SSSR count). The van der Waals surface area contributed by atoms with Crippen LogP contribution in [0.4, 0.5) is 5.69 Å². The van der Waals surface area contributed by atoms with E-state index < -0.39 is 0 Å². The molecule has 0 saturated carbocycles. The van der Waals surface area contributed by atoms with Gasteiger partial charge in [0.05, 0.1) is 6.61 Å². The van der Waals surface area contributed by atoms with E-state index in [0.717, 1.165) is 25.3 Å². The lowest BCUT2D eigenvalue weighted by atomic mass is 10.1. The summed E-state index contributed by atoms with van der Waals surface area (Å²) in [5.41, 5.74) is 2.59. The van der Waals surface area contributed by atoms with E-state index in [1.807, 2.05) is 6.92 Å². The van der Waals surface area contributed by atoms with Crippen LogP contribution in [0.5, 0.6) is 5.75 Å². The third-order valence-corrected chi connectivity index (χ3v) is 4.37. The SMILES string of the molecule is CCOc1ccc(N2CCCC2C/C=C/c2ccccc2)cc1. The molecule has 0 spiro atoms. The van der Waals surface area contributed by atoms with Gasteiger partial charge in [-0.05, 0) is 56.0 Å². The zero-order valence-electron chi connectivity index (χ0n) is 13.8. The fourth-order valence-corrected chi connectivity index (χ4v) is 3.25. The highest BCUT2D eigenvalue weighted by Crippen LogP contribution is 2.29. The topological polar surface area (TPSA) is 12.5 Å². The molecule has 23 heavy (non-hydrogen) atoms. The Kier molecular flexibility index (Phi) is 5.36. The van der Waals surface area contributed by atoms with Crippen molar-refractivity contribution in [3.05, 3.63) is 66.2 Å². The van der Waals surface area contributed by atoms with Crippen molar-refractivity contribution >= 4 is 11.8 Å². The third-order valence-electron chi connectivity index (χ3n) is 4.37. The summed E-state index contributed by atoms with van der Waals surface area (Å²) in [7, 11) is 0. The average molecular weight is 307 g/mol. The summed E-state index contributed by atoms with van der Waals surface area (Å²) in [5.74, 6) is 0.955. The lowest BCUT2D eigenvalue weighted by Crippen LogP contribution is -2.28. The van der Waals surface area contributed by atoms with E-state index in [9.17, 15) is 0 Å². The summed E-state index contributed by atoms with van der Waals surface area (Å²) in [6, 6.07) is 19.7. The number of anilines is 1. The molecule has 2 heteroatoms. The van der Waals surface area contributed by atoms with Gasteiger partial charge in [0.1, 0.15) is 5.75 Å². The molecule has 1 aliphatic rings. The molecule has 1 unspecified atom stereocenters. The van der Waals surface area contributed by atoms with Gasteiger partial charge in [0, 0.05) is 18.3 Å². The van der Waals surface area contributed by atoms with Crippen molar-refractivity contribution in [3.63, 3.8) is 0 Å². The van der Waals surface area contributed by atoms with Crippen LogP contribution in [0, 0.1) is 0 Å². The highest BCUT2D eigenvalue weighted by atomic mass is 16.5. The molecule has 0 bridgehead atoms. The Morgan fingerprint density at radius 3 is 2.61 bits per heavy atom. The van der Waals surface area contributed by atoms with Crippen LogP contribution in [0.1, 0.15) is 31.7 Å². The first kappa shape index (κ1) is 15.7. The molecule has 1 atom stereocenters. The maximum atomic E-state index is 5.53. The van der Waals surface area contributed by atoms with Crippen molar-refractivity contribution < 1.29 is 4.74 Å². The molecule has 2 aromatic rings. The summed E-state index contributed by atoms with van der Waals surface area (Å²) in [4.78, 5) is 2.53. The number of ether oxygens (including phenoxy) is 1. The van der Waals surface area contributed by atoms with E-state index in [1.54, 1.807) is 0 Å². The molecule has 2 nitrogen and oxygen atoms in total. The predicted octanol–water partition coefficient (Wildman–Crippen LogP) is 5.16.